The van der Waals surface area contributed by atoms with Crippen molar-refractivity contribution in [2.45, 2.75) is 90.5 Å². The third kappa shape index (κ3) is 7.28. The number of amides is 2. The lowest BCUT2D eigenvalue weighted by atomic mass is 9.95. The number of benzene rings is 1. The molecule has 6 rings (SSSR count). The summed E-state index contributed by atoms with van der Waals surface area (Å²) in [6.07, 6.45) is 7.58. The van der Waals surface area contributed by atoms with Crippen molar-refractivity contribution in [1.82, 2.24) is 19.8 Å². The first kappa shape index (κ1) is 29.1. The Morgan fingerprint density at radius 2 is 1.66 bits per heavy atom. The van der Waals surface area contributed by atoms with E-state index in [-0.39, 0.29) is 24.8 Å². The number of cyclic esters (lactones) is 1. The number of nitrogens with zero attached hydrogens (tertiary/aromatic N) is 5. The molecule has 0 spiro atoms. The summed E-state index contributed by atoms with van der Waals surface area (Å²) in [5, 5.41) is 3.42. The number of carbonyl (C=O) groups excluding carboxylic acids is 2. The van der Waals surface area contributed by atoms with Gasteiger partial charge in [-0.25, -0.2) is 14.6 Å². The number of piperazine rings is 1. The van der Waals surface area contributed by atoms with Crippen LogP contribution in [-0.2, 0) is 16.1 Å². The maximum Gasteiger partial charge on any atom is 0.415 e. The number of hydrogen-bond acceptors (Lipinski definition) is 8. The molecule has 4 bridgehead atoms. The smallest absolute Gasteiger partial charge is 0.415 e. The predicted octanol–water partition coefficient (Wildman–Crippen LogP) is 6.05. The van der Waals surface area contributed by atoms with Crippen molar-refractivity contribution in [3.63, 3.8) is 0 Å². The van der Waals surface area contributed by atoms with Crippen LogP contribution in [0, 0.1) is 0 Å². The average molecular weight is 565 g/mol. The summed E-state index contributed by atoms with van der Waals surface area (Å²) in [5.74, 6) is 1.15. The largest absolute Gasteiger partial charge is 0.444 e. The molecule has 1 N–H and O–H groups in total. The van der Waals surface area contributed by atoms with Crippen LogP contribution in [0.4, 0.5) is 21.4 Å². The summed E-state index contributed by atoms with van der Waals surface area (Å²) in [5.41, 5.74) is 2.80. The van der Waals surface area contributed by atoms with Crippen LogP contribution >= 0.6 is 0 Å². The minimum Gasteiger partial charge on any atom is -0.444 e. The zero-order chi connectivity index (χ0) is 29.0. The van der Waals surface area contributed by atoms with Crippen LogP contribution in [-0.4, -0.2) is 70.3 Å². The van der Waals surface area contributed by atoms with E-state index in [2.05, 4.69) is 46.4 Å². The second-order valence-electron chi connectivity index (χ2n) is 12.4. The first-order valence-electron chi connectivity index (χ1n) is 15.1. The molecule has 222 valence electrons. The predicted molar refractivity (Wildman–Crippen MR) is 158 cm³/mol. The summed E-state index contributed by atoms with van der Waals surface area (Å²) < 4.78 is 11.0. The highest BCUT2D eigenvalue weighted by molar-refractivity contribution is 5.89. The fourth-order valence-electron chi connectivity index (χ4n) is 5.83. The zero-order valence-electron chi connectivity index (χ0n) is 24.9. The lowest BCUT2D eigenvalue weighted by molar-refractivity contribution is 0.00958. The third-order valence-corrected chi connectivity index (χ3v) is 8.10. The molecule has 4 aliphatic rings. The van der Waals surface area contributed by atoms with Crippen LogP contribution in [0.15, 0.2) is 30.5 Å². The lowest BCUT2D eigenvalue weighted by Crippen LogP contribution is -2.50. The molecule has 1 aromatic heterocycles. The molecule has 10 heteroatoms. The van der Waals surface area contributed by atoms with Gasteiger partial charge in [0, 0.05) is 45.0 Å². The molecule has 0 radical (unpaired) electrons. The molecule has 0 aliphatic carbocycles. The molecule has 2 atom stereocenters. The van der Waals surface area contributed by atoms with E-state index in [0.29, 0.717) is 37.4 Å². The van der Waals surface area contributed by atoms with Crippen LogP contribution in [0.5, 0.6) is 0 Å². The second kappa shape index (κ2) is 12.6. The van der Waals surface area contributed by atoms with Gasteiger partial charge in [0.15, 0.2) is 0 Å². The Bertz CT molecular complexity index is 1210. The van der Waals surface area contributed by atoms with E-state index in [1.807, 2.05) is 25.7 Å². The molecule has 1 fully saturated rings. The van der Waals surface area contributed by atoms with E-state index in [0.717, 1.165) is 62.7 Å². The minimum atomic E-state index is -0.488. The Kier molecular flexibility index (Phi) is 8.97. The van der Waals surface area contributed by atoms with Gasteiger partial charge in [0.05, 0.1) is 11.6 Å². The zero-order valence-corrected chi connectivity index (χ0v) is 24.9. The molecule has 41 heavy (non-hydrogen) atoms. The highest BCUT2D eigenvalue weighted by atomic mass is 16.6. The first-order valence-corrected chi connectivity index (χ1v) is 15.1. The number of hydrogen-bond donors (Lipinski definition) is 1. The van der Waals surface area contributed by atoms with E-state index in [1.54, 1.807) is 11.1 Å². The summed E-state index contributed by atoms with van der Waals surface area (Å²) >= 11 is 0. The van der Waals surface area contributed by atoms with Gasteiger partial charge in [0.2, 0.25) is 5.95 Å². The van der Waals surface area contributed by atoms with Crippen molar-refractivity contribution in [3.05, 3.63) is 47.2 Å². The SMILES string of the molecule is C[C@@H]1Nc2ncc3c(n2)N(CCCCCCCC(N2CCN(C(=O)OC(C)(C)C)CC2)c2ccc1cc2)C(=O)OC3. The van der Waals surface area contributed by atoms with Crippen LogP contribution in [0.25, 0.3) is 0 Å². The molecule has 2 amide bonds. The Morgan fingerprint density at radius 1 is 0.976 bits per heavy atom. The maximum absolute atomic E-state index is 12.6. The number of rotatable bonds is 1. The summed E-state index contributed by atoms with van der Waals surface area (Å²) in [4.78, 5) is 40.4. The highest BCUT2D eigenvalue weighted by Gasteiger charge is 2.30. The van der Waals surface area contributed by atoms with Crippen molar-refractivity contribution < 1.29 is 19.1 Å². The van der Waals surface area contributed by atoms with Gasteiger partial charge >= 0.3 is 12.2 Å². The quantitative estimate of drug-likeness (QED) is 0.447. The van der Waals surface area contributed by atoms with Gasteiger partial charge in [0.1, 0.15) is 18.0 Å². The number of carbonyl (C=O) groups is 2. The van der Waals surface area contributed by atoms with E-state index in [1.165, 1.54) is 5.56 Å². The normalized spacial score (nSPS) is 22.8. The van der Waals surface area contributed by atoms with Gasteiger partial charge < -0.3 is 19.7 Å². The molecular weight excluding hydrogens is 520 g/mol. The van der Waals surface area contributed by atoms with Crippen LogP contribution < -0.4 is 10.2 Å². The molecule has 5 heterocycles. The Labute approximate surface area is 243 Å². The van der Waals surface area contributed by atoms with Crippen molar-refractivity contribution in [1.29, 1.82) is 0 Å². The topological polar surface area (TPSA) is 100 Å². The minimum absolute atomic E-state index is 0.0131. The Morgan fingerprint density at radius 3 is 2.39 bits per heavy atom. The van der Waals surface area contributed by atoms with E-state index in [9.17, 15) is 9.59 Å². The van der Waals surface area contributed by atoms with Gasteiger partial charge in [0.25, 0.3) is 0 Å². The Hall–Kier alpha value is -3.40. The van der Waals surface area contributed by atoms with Crippen LogP contribution in [0.3, 0.4) is 0 Å². The van der Waals surface area contributed by atoms with E-state index >= 15 is 0 Å². The van der Waals surface area contributed by atoms with Crippen molar-refractivity contribution in [2.75, 3.05) is 42.9 Å². The molecule has 10 nitrogen and oxygen atoms in total. The Balaban J connectivity index is 1.31. The fourth-order valence-corrected chi connectivity index (χ4v) is 5.83. The van der Waals surface area contributed by atoms with E-state index < -0.39 is 5.60 Å². The number of fused-ring (bicyclic) bond motifs is 10. The fraction of sp³-hybridized carbons (Fsp3) is 0.613. The summed E-state index contributed by atoms with van der Waals surface area (Å²) in [6, 6.07) is 9.14. The van der Waals surface area contributed by atoms with E-state index in [4.69, 9.17) is 14.5 Å². The van der Waals surface area contributed by atoms with Crippen LogP contribution in [0.2, 0.25) is 0 Å². The van der Waals surface area contributed by atoms with Crippen molar-refractivity contribution in [3.8, 4) is 0 Å². The molecular formula is C31H44N6O4. The summed E-state index contributed by atoms with van der Waals surface area (Å²) in [6.45, 7) is 11.6. The third-order valence-electron chi connectivity index (χ3n) is 8.10. The first-order chi connectivity index (χ1) is 19.7. The van der Waals surface area contributed by atoms with Gasteiger partial charge in [-0.3, -0.25) is 9.80 Å². The molecule has 1 aromatic carbocycles. The van der Waals surface area contributed by atoms with Crippen molar-refractivity contribution >= 4 is 24.0 Å². The van der Waals surface area contributed by atoms with Gasteiger partial charge in [-0.15, -0.1) is 0 Å². The van der Waals surface area contributed by atoms with Crippen molar-refractivity contribution in [2.24, 2.45) is 0 Å². The number of aromatic nitrogens is 2. The lowest BCUT2D eigenvalue weighted by Gasteiger charge is -2.40. The monoisotopic (exact) mass is 564 g/mol. The second-order valence-corrected chi connectivity index (χ2v) is 12.4. The standard InChI is InChI=1S/C31H44N6O4/c1-22-23-11-13-24(14-12-23)26(35-16-18-36(19-17-35)29(38)41-31(2,3)4)10-8-6-5-7-9-15-37-27-25(21-40-30(37)39)20-32-28(33-22)34-27/h11-14,20,22,26H,5-10,15-19,21H2,1-4H3,(H,32,33,34)/t22-,26?/m0/s1. The van der Waals surface area contributed by atoms with Gasteiger partial charge in [-0.2, -0.15) is 4.98 Å². The summed E-state index contributed by atoms with van der Waals surface area (Å²) in [7, 11) is 0. The van der Waals surface area contributed by atoms with Gasteiger partial charge in [-0.1, -0.05) is 49.9 Å². The molecule has 2 aromatic rings. The molecule has 1 unspecified atom stereocenters. The average Bonchev–Trinajstić information content (AvgIpc) is 2.94. The van der Waals surface area contributed by atoms with Gasteiger partial charge in [-0.05, 0) is 51.7 Å². The molecule has 1 saturated heterocycles. The van der Waals surface area contributed by atoms with Crippen LogP contribution in [0.1, 0.15) is 95.0 Å². The molecule has 0 saturated carbocycles. The molecule has 4 aliphatic heterocycles. The number of ether oxygens (including phenoxy) is 2. The number of anilines is 2. The maximum atomic E-state index is 12.6. The number of nitrogens with one attached hydrogen (secondary N) is 1. The highest BCUT2D eigenvalue weighted by Crippen LogP contribution is 2.31.